The van der Waals surface area contributed by atoms with Crippen LogP contribution < -0.4 is 5.01 Å². The van der Waals surface area contributed by atoms with E-state index in [1.165, 1.54) is 16.8 Å². The van der Waals surface area contributed by atoms with Gasteiger partial charge in [0.1, 0.15) is 5.71 Å². The van der Waals surface area contributed by atoms with E-state index in [0.717, 1.165) is 4.91 Å². The average Bonchev–Trinajstić information content (AvgIpc) is 2.92. The zero-order valence-electron chi connectivity index (χ0n) is 16.0. The van der Waals surface area contributed by atoms with Gasteiger partial charge in [0.25, 0.3) is 5.91 Å². The molecule has 1 heterocycles. The first-order chi connectivity index (χ1) is 14.0. The minimum atomic E-state index is -0.413. The molecule has 0 N–H and O–H groups in total. The number of carbonyl (C=O) groups excluding carboxylic acids is 3. The van der Waals surface area contributed by atoms with Gasteiger partial charge in [-0.15, -0.1) is 11.8 Å². The Hall–Kier alpha value is -3.19. The quantitative estimate of drug-likeness (QED) is 0.725. The van der Waals surface area contributed by atoms with Crippen molar-refractivity contribution >= 4 is 40.8 Å². The zero-order valence-corrected chi connectivity index (χ0v) is 16.8. The Morgan fingerprint density at radius 2 is 1.79 bits per heavy atom. The molecule has 7 heteroatoms. The minimum absolute atomic E-state index is 0.0401. The van der Waals surface area contributed by atoms with E-state index in [-0.39, 0.29) is 17.4 Å². The lowest BCUT2D eigenvalue weighted by Crippen LogP contribution is -2.27. The number of allylic oxidation sites excluding steroid dienone is 2. The number of ketones is 1. The normalized spacial score (nSPS) is 16.1. The molecule has 0 atom stereocenters. The standard InChI is InChI=1S/C22H18N2O4S/c1-3-28-22(27)14-8-10-15(11-9-14)24-18(25)12-29-21-13(2)20(26)17-7-5-4-6-16(17)19(21)23-24/h4-11H,3,12H2,1-2H3. The van der Waals surface area contributed by atoms with Gasteiger partial charge in [0.15, 0.2) is 5.78 Å². The first-order valence-electron chi connectivity index (χ1n) is 9.18. The number of anilines is 1. The smallest absolute Gasteiger partial charge is 0.338 e. The van der Waals surface area contributed by atoms with Crippen LogP contribution in [0.3, 0.4) is 0 Å². The Labute approximate surface area is 172 Å². The number of hydrazone groups is 1. The summed E-state index contributed by atoms with van der Waals surface area (Å²) in [5, 5.41) is 5.98. The average molecular weight is 406 g/mol. The molecule has 6 nitrogen and oxygen atoms in total. The Morgan fingerprint density at radius 3 is 2.48 bits per heavy atom. The van der Waals surface area contributed by atoms with Crippen molar-refractivity contribution in [1.29, 1.82) is 0 Å². The fourth-order valence-corrected chi connectivity index (χ4v) is 4.26. The van der Waals surface area contributed by atoms with E-state index >= 15 is 0 Å². The summed E-state index contributed by atoms with van der Waals surface area (Å²) < 4.78 is 5.00. The van der Waals surface area contributed by atoms with E-state index in [0.29, 0.717) is 40.3 Å². The van der Waals surface area contributed by atoms with Crippen molar-refractivity contribution < 1.29 is 19.1 Å². The Bertz CT molecular complexity index is 1090. The predicted molar refractivity (Wildman–Crippen MR) is 112 cm³/mol. The number of Topliss-reactive ketones (excluding diaryl/α,β-unsaturated/α-hetero) is 1. The summed E-state index contributed by atoms with van der Waals surface area (Å²) in [4.78, 5) is 38.1. The predicted octanol–water partition coefficient (Wildman–Crippen LogP) is 3.82. The third-order valence-corrected chi connectivity index (χ3v) is 5.90. The van der Waals surface area contributed by atoms with E-state index in [4.69, 9.17) is 4.74 Å². The number of ether oxygens (including phenoxy) is 1. The molecule has 29 heavy (non-hydrogen) atoms. The van der Waals surface area contributed by atoms with E-state index < -0.39 is 5.97 Å². The van der Waals surface area contributed by atoms with Crippen molar-refractivity contribution in [2.75, 3.05) is 17.4 Å². The van der Waals surface area contributed by atoms with Gasteiger partial charge in [0.05, 0.1) is 23.6 Å². The van der Waals surface area contributed by atoms with E-state index in [1.807, 2.05) is 18.2 Å². The number of amides is 1. The number of nitrogens with zero attached hydrogens (tertiary/aromatic N) is 2. The SMILES string of the molecule is CCOC(=O)c1ccc(N2N=C3C(=C(C)C(=O)c4ccccc43)SCC2=O)cc1. The number of hydrogen-bond donors (Lipinski definition) is 0. The maximum Gasteiger partial charge on any atom is 0.338 e. The molecule has 2 aromatic carbocycles. The Kier molecular flexibility index (Phi) is 5.07. The molecular formula is C22H18N2O4S. The second kappa shape index (κ2) is 7.67. The van der Waals surface area contributed by atoms with Crippen LogP contribution in [0.15, 0.2) is 64.1 Å². The molecule has 4 rings (SSSR count). The fourth-order valence-electron chi connectivity index (χ4n) is 3.27. The van der Waals surface area contributed by atoms with E-state index in [9.17, 15) is 14.4 Å². The van der Waals surface area contributed by atoms with Gasteiger partial charge in [-0.2, -0.15) is 10.1 Å². The van der Waals surface area contributed by atoms with Gasteiger partial charge < -0.3 is 4.74 Å². The van der Waals surface area contributed by atoms with Crippen LogP contribution in [0.5, 0.6) is 0 Å². The second-order valence-corrected chi connectivity index (χ2v) is 7.52. The molecule has 0 spiro atoms. The Balaban J connectivity index is 1.79. The van der Waals surface area contributed by atoms with Gasteiger partial charge in [-0.05, 0) is 38.1 Å². The summed E-state index contributed by atoms with van der Waals surface area (Å²) >= 11 is 1.33. The van der Waals surface area contributed by atoms with Crippen molar-refractivity contribution in [3.63, 3.8) is 0 Å². The molecule has 0 saturated heterocycles. The highest BCUT2D eigenvalue weighted by Gasteiger charge is 2.33. The fraction of sp³-hybridized carbons (Fsp3) is 0.182. The molecule has 1 amide bonds. The molecule has 0 unspecified atom stereocenters. The van der Waals surface area contributed by atoms with Crippen molar-refractivity contribution in [2.45, 2.75) is 13.8 Å². The summed E-state index contributed by atoms with van der Waals surface area (Å²) in [5.41, 5.74) is 3.46. The van der Waals surface area contributed by atoms with E-state index in [2.05, 4.69) is 5.10 Å². The maximum absolute atomic E-state index is 12.8. The van der Waals surface area contributed by atoms with Gasteiger partial charge in [0, 0.05) is 21.6 Å². The third kappa shape index (κ3) is 3.38. The van der Waals surface area contributed by atoms with Crippen LogP contribution in [0.2, 0.25) is 0 Å². The number of thioether (sulfide) groups is 1. The number of carbonyl (C=O) groups is 3. The third-order valence-electron chi connectivity index (χ3n) is 4.72. The van der Waals surface area contributed by atoms with Gasteiger partial charge >= 0.3 is 5.97 Å². The summed E-state index contributed by atoms with van der Waals surface area (Å²) in [6, 6.07) is 13.8. The molecule has 2 aromatic rings. The monoisotopic (exact) mass is 406 g/mol. The number of hydrogen-bond acceptors (Lipinski definition) is 6. The lowest BCUT2D eigenvalue weighted by atomic mass is 9.89. The number of esters is 1. The highest BCUT2D eigenvalue weighted by Crippen LogP contribution is 2.36. The van der Waals surface area contributed by atoms with Crippen LogP contribution in [0.25, 0.3) is 0 Å². The molecule has 0 bridgehead atoms. The van der Waals surface area contributed by atoms with E-state index in [1.54, 1.807) is 44.2 Å². The van der Waals surface area contributed by atoms with Crippen LogP contribution in [0.1, 0.15) is 40.1 Å². The van der Waals surface area contributed by atoms with Crippen molar-refractivity contribution in [3.05, 3.63) is 75.7 Å². The largest absolute Gasteiger partial charge is 0.462 e. The molecular weight excluding hydrogens is 388 g/mol. The van der Waals surface area contributed by atoms with Crippen molar-refractivity contribution in [3.8, 4) is 0 Å². The molecule has 0 aromatic heterocycles. The highest BCUT2D eigenvalue weighted by atomic mass is 32.2. The molecule has 0 radical (unpaired) electrons. The number of benzene rings is 2. The van der Waals surface area contributed by atoms with Gasteiger partial charge in [0.2, 0.25) is 0 Å². The maximum atomic E-state index is 12.8. The first kappa shape index (κ1) is 19.1. The highest BCUT2D eigenvalue weighted by molar-refractivity contribution is 8.04. The molecule has 0 saturated carbocycles. The lowest BCUT2D eigenvalue weighted by molar-refractivity contribution is -0.116. The molecule has 0 fully saturated rings. The minimum Gasteiger partial charge on any atom is -0.462 e. The van der Waals surface area contributed by atoms with Gasteiger partial charge in [-0.3, -0.25) is 9.59 Å². The van der Waals surface area contributed by atoms with Crippen molar-refractivity contribution in [1.82, 2.24) is 0 Å². The van der Waals surface area contributed by atoms with Gasteiger partial charge in [-0.25, -0.2) is 4.79 Å². The molecule has 1 aliphatic carbocycles. The van der Waals surface area contributed by atoms with Crippen LogP contribution in [0, 0.1) is 0 Å². The summed E-state index contributed by atoms with van der Waals surface area (Å²) in [5.74, 6) is -0.495. The molecule has 146 valence electrons. The summed E-state index contributed by atoms with van der Waals surface area (Å²) in [6.07, 6.45) is 0. The van der Waals surface area contributed by atoms with Crippen molar-refractivity contribution in [2.24, 2.45) is 5.10 Å². The van der Waals surface area contributed by atoms with Crippen LogP contribution in [-0.2, 0) is 9.53 Å². The van der Waals surface area contributed by atoms with Gasteiger partial charge in [-0.1, -0.05) is 24.3 Å². The van der Waals surface area contributed by atoms with Crippen LogP contribution in [0.4, 0.5) is 5.69 Å². The Morgan fingerprint density at radius 1 is 1.10 bits per heavy atom. The first-order valence-corrected chi connectivity index (χ1v) is 10.2. The summed E-state index contributed by atoms with van der Waals surface area (Å²) in [6.45, 7) is 3.81. The summed E-state index contributed by atoms with van der Waals surface area (Å²) in [7, 11) is 0. The number of fused-ring (bicyclic) bond motifs is 3. The molecule has 2 aliphatic rings. The van der Waals surface area contributed by atoms with Crippen LogP contribution >= 0.6 is 11.8 Å². The topological polar surface area (TPSA) is 76.0 Å². The lowest BCUT2D eigenvalue weighted by Gasteiger charge is -2.21. The zero-order chi connectivity index (χ0) is 20.5. The second-order valence-electron chi connectivity index (χ2n) is 6.54. The number of rotatable bonds is 3. The molecule has 1 aliphatic heterocycles. The van der Waals surface area contributed by atoms with Crippen LogP contribution in [-0.4, -0.2) is 35.7 Å².